The van der Waals surface area contributed by atoms with E-state index in [1.54, 1.807) is 12.1 Å². The molecule has 0 fully saturated rings. The van der Waals surface area contributed by atoms with E-state index in [-0.39, 0.29) is 11.5 Å². The van der Waals surface area contributed by atoms with E-state index in [2.05, 4.69) is 5.32 Å². The average Bonchev–Trinajstić information content (AvgIpc) is 2.15. The molecule has 13 heavy (non-hydrogen) atoms. The molecular weight excluding hydrogens is 167 g/mol. The summed E-state index contributed by atoms with van der Waals surface area (Å²) >= 11 is 0. The van der Waals surface area contributed by atoms with Gasteiger partial charge in [-0.05, 0) is 24.7 Å². The van der Waals surface area contributed by atoms with Gasteiger partial charge in [-0.3, -0.25) is 0 Å². The van der Waals surface area contributed by atoms with Crippen LogP contribution < -0.4 is 11.1 Å². The maximum atomic E-state index is 12.7. The minimum Gasteiger partial charge on any atom is -0.396 e. The first kappa shape index (κ1) is 11.9. The molecule has 0 aliphatic rings. The number of anilines is 1. The molecule has 0 unspecified atom stereocenters. The molecule has 3 heteroatoms. The molecule has 0 spiro atoms. The largest absolute Gasteiger partial charge is 0.396 e. The Kier molecular flexibility index (Phi) is 5.89. The van der Waals surface area contributed by atoms with Crippen LogP contribution in [0.1, 0.15) is 19.4 Å². The highest BCUT2D eigenvalue weighted by molar-refractivity contribution is 5.41. The molecule has 2 nitrogen and oxygen atoms in total. The first-order valence-corrected chi connectivity index (χ1v) is 4.42. The zero-order valence-electron chi connectivity index (χ0n) is 8.39. The van der Waals surface area contributed by atoms with Gasteiger partial charge in [-0.1, -0.05) is 19.9 Å². The number of benzene rings is 1. The third kappa shape index (κ3) is 3.90. The van der Waals surface area contributed by atoms with Crippen LogP contribution in [0, 0.1) is 5.82 Å². The van der Waals surface area contributed by atoms with Gasteiger partial charge in [-0.25, -0.2) is 4.39 Å². The molecule has 0 bridgehead atoms. The van der Waals surface area contributed by atoms with Crippen LogP contribution in [-0.4, -0.2) is 7.05 Å². The normalized spacial score (nSPS) is 8.92. The van der Waals surface area contributed by atoms with E-state index in [1.807, 2.05) is 20.9 Å². The predicted octanol–water partition coefficient (Wildman–Crippen LogP) is 2.15. The van der Waals surface area contributed by atoms with E-state index in [0.717, 1.165) is 5.56 Å². The third-order valence-corrected chi connectivity index (χ3v) is 1.45. The molecule has 0 heterocycles. The van der Waals surface area contributed by atoms with Gasteiger partial charge < -0.3 is 11.1 Å². The van der Waals surface area contributed by atoms with Crippen molar-refractivity contribution in [2.45, 2.75) is 20.4 Å². The number of nitrogens with one attached hydrogen (secondary N) is 1. The molecule has 0 aliphatic carbocycles. The van der Waals surface area contributed by atoms with Gasteiger partial charge in [0.05, 0.1) is 5.69 Å². The zero-order valence-corrected chi connectivity index (χ0v) is 8.39. The van der Waals surface area contributed by atoms with E-state index in [4.69, 9.17) is 5.73 Å². The van der Waals surface area contributed by atoms with Gasteiger partial charge in [0.2, 0.25) is 0 Å². The summed E-state index contributed by atoms with van der Waals surface area (Å²) in [6.07, 6.45) is 0. The summed E-state index contributed by atoms with van der Waals surface area (Å²) in [5.74, 6) is -0.349. The molecule has 0 saturated heterocycles. The SMILES string of the molecule is CC.CNCc1ccc(N)c(F)c1. The Bertz CT molecular complexity index is 249. The summed E-state index contributed by atoms with van der Waals surface area (Å²) in [6.45, 7) is 4.66. The fourth-order valence-corrected chi connectivity index (χ4v) is 0.885. The summed E-state index contributed by atoms with van der Waals surface area (Å²) in [6, 6.07) is 4.81. The van der Waals surface area contributed by atoms with Crippen molar-refractivity contribution in [2.75, 3.05) is 12.8 Å². The molecule has 0 aromatic heterocycles. The topological polar surface area (TPSA) is 38.0 Å². The highest BCUT2D eigenvalue weighted by atomic mass is 19.1. The van der Waals surface area contributed by atoms with Gasteiger partial charge in [0.15, 0.2) is 0 Å². The minimum absolute atomic E-state index is 0.199. The fraction of sp³-hybridized carbons (Fsp3) is 0.400. The molecular formula is C10H17FN2. The van der Waals surface area contributed by atoms with Crippen molar-refractivity contribution in [3.05, 3.63) is 29.6 Å². The van der Waals surface area contributed by atoms with Gasteiger partial charge >= 0.3 is 0 Å². The van der Waals surface area contributed by atoms with Gasteiger partial charge in [0, 0.05) is 6.54 Å². The van der Waals surface area contributed by atoms with E-state index in [9.17, 15) is 4.39 Å². The Balaban J connectivity index is 0.000000671. The van der Waals surface area contributed by atoms with Crippen molar-refractivity contribution >= 4 is 5.69 Å². The number of nitrogens with two attached hydrogens (primary N) is 1. The van der Waals surface area contributed by atoms with Gasteiger partial charge in [-0.2, -0.15) is 0 Å². The van der Waals surface area contributed by atoms with Crippen LogP contribution in [0.5, 0.6) is 0 Å². The third-order valence-electron chi connectivity index (χ3n) is 1.45. The van der Waals surface area contributed by atoms with Crippen molar-refractivity contribution in [3.8, 4) is 0 Å². The average molecular weight is 184 g/mol. The Morgan fingerprint density at radius 3 is 2.46 bits per heavy atom. The summed E-state index contributed by atoms with van der Waals surface area (Å²) < 4.78 is 12.7. The number of hydrogen-bond donors (Lipinski definition) is 2. The van der Waals surface area contributed by atoms with Crippen molar-refractivity contribution in [1.29, 1.82) is 0 Å². The Hall–Kier alpha value is -1.09. The summed E-state index contributed by atoms with van der Waals surface area (Å²) in [5, 5.41) is 2.92. The van der Waals surface area contributed by atoms with Gasteiger partial charge in [0.25, 0.3) is 0 Å². The van der Waals surface area contributed by atoms with Crippen LogP contribution in [0.15, 0.2) is 18.2 Å². The summed E-state index contributed by atoms with van der Waals surface area (Å²) in [7, 11) is 1.81. The quantitative estimate of drug-likeness (QED) is 0.691. The molecule has 0 atom stereocenters. The minimum atomic E-state index is -0.349. The number of nitrogen functional groups attached to an aromatic ring is 1. The Morgan fingerprint density at radius 1 is 1.38 bits per heavy atom. The lowest BCUT2D eigenvalue weighted by Crippen LogP contribution is -2.05. The van der Waals surface area contributed by atoms with Crippen molar-refractivity contribution in [1.82, 2.24) is 5.32 Å². The second-order valence-corrected chi connectivity index (χ2v) is 2.39. The van der Waals surface area contributed by atoms with Crippen LogP contribution in [0.4, 0.5) is 10.1 Å². The molecule has 3 N–H and O–H groups in total. The van der Waals surface area contributed by atoms with Crippen molar-refractivity contribution in [3.63, 3.8) is 0 Å². The summed E-state index contributed by atoms with van der Waals surface area (Å²) in [4.78, 5) is 0. The monoisotopic (exact) mass is 184 g/mol. The van der Waals surface area contributed by atoms with Crippen LogP contribution in [-0.2, 0) is 6.54 Å². The standard InChI is InChI=1S/C8H11FN2.C2H6/c1-11-5-6-2-3-8(10)7(9)4-6;1-2/h2-4,11H,5,10H2,1H3;1-2H3. The fourth-order valence-electron chi connectivity index (χ4n) is 0.885. The van der Waals surface area contributed by atoms with Crippen molar-refractivity contribution < 1.29 is 4.39 Å². The summed E-state index contributed by atoms with van der Waals surface area (Å²) in [5.41, 5.74) is 6.39. The lowest BCUT2D eigenvalue weighted by molar-refractivity contribution is 0.628. The maximum absolute atomic E-state index is 12.7. The molecule has 0 amide bonds. The molecule has 0 radical (unpaired) electrons. The number of rotatable bonds is 2. The van der Waals surface area contributed by atoms with Crippen LogP contribution in [0.3, 0.4) is 0 Å². The predicted molar refractivity (Wildman–Crippen MR) is 54.9 cm³/mol. The van der Waals surface area contributed by atoms with E-state index >= 15 is 0 Å². The van der Waals surface area contributed by atoms with E-state index in [0.29, 0.717) is 6.54 Å². The van der Waals surface area contributed by atoms with Crippen LogP contribution in [0.25, 0.3) is 0 Å². The van der Waals surface area contributed by atoms with Gasteiger partial charge in [0.1, 0.15) is 5.82 Å². The molecule has 1 aromatic rings. The zero-order chi connectivity index (χ0) is 10.3. The molecule has 1 aromatic carbocycles. The highest BCUT2D eigenvalue weighted by Crippen LogP contribution is 2.11. The Labute approximate surface area is 79.0 Å². The lowest BCUT2D eigenvalue weighted by Gasteiger charge is -2.01. The van der Waals surface area contributed by atoms with Gasteiger partial charge in [-0.15, -0.1) is 0 Å². The van der Waals surface area contributed by atoms with Crippen LogP contribution in [0.2, 0.25) is 0 Å². The second kappa shape index (κ2) is 6.43. The smallest absolute Gasteiger partial charge is 0.146 e. The lowest BCUT2D eigenvalue weighted by atomic mass is 10.2. The molecule has 74 valence electrons. The van der Waals surface area contributed by atoms with Crippen LogP contribution >= 0.6 is 0 Å². The number of halogens is 1. The van der Waals surface area contributed by atoms with E-state index < -0.39 is 0 Å². The molecule has 0 aliphatic heterocycles. The second-order valence-electron chi connectivity index (χ2n) is 2.39. The maximum Gasteiger partial charge on any atom is 0.146 e. The first-order chi connectivity index (χ1) is 6.24. The first-order valence-electron chi connectivity index (χ1n) is 4.42. The number of hydrogen-bond acceptors (Lipinski definition) is 2. The Morgan fingerprint density at radius 2 is 2.00 bits per heavy atom. The molecule has 0 saturated carbocycles. The van der Waals surface area contributed by atoms with Crippen molar-refractivity contribution in [2.24, 2.45) is 0 Å². The van der Waals surface area contributed by atoms with E-state index in [1.165, 1.54) is 6.07 Å². The highest BCUT2D eigenvalue weighted by Gasteiger charge is 1.97. The molecule has 1 rings (SSSR count).